The van der Waals surface area contributed by atoms with Gasteiger partial charge in [0, 0.05) is 17.3 Å². The third-order valence-corrected chi connectivity index (χ3v) is 2.34. The van der Waals surface area contributed by atoms with E-state index in [1.807, 2.05) is 13.0 Å². The van der Waals surface area contributed by atoms with Gasteiger partial charge < -0.3 is 16.4 Å². The van der Waals surface area contributed by atoms with E-state index in [2.05, 4.69) is 6.92 Å². The van der Waals surface area contributed by atoms with E-state index in [9.17, 15) is 5.21 Å². The molecule has 0 aliphatic heterocycles. The quantitative estimate of drug-likeness (QED) is 0.540. The molecule has 0 unspecified atom stereocenters. The Hall–Kier alpha value is -1.06. The molecule has 1 aromatic carbocycles. The molecule has 0 bridgehead atoms. The molecular formula is C10H16N2O. The second-order valence-electron chi connectivity index (χ2n) is 3.03. The molecule has 0 amide bonds. The summed E-state index contributed by atoms with van der Waals surface area (Å²) in [6.07, 6.45) is 1.75. The number of hydrogen-bond donors (Lipinski definition) is 2. The van der Waals surface area contributed by atoms with E-state index >= 15 is 0 Å². The van der Waals surface area contributed by atoms with Crippen molar-refractivity contribution in [2.75, 3.05) is 5.73 Å². The van der Waals surface area contributed by atoms with Crippen LogP contribution in [0.15, 0.2) is 12.1 Å². The predicted octanol–water partition coefficient (Wildman–Crippen LogP) is 1.09. The van der Waals surface area contributed by atoms with Gasteiger partial charge in [-0.05, 0) is 24.5 Å². The number of nitrogen functional groups attached to an aromatic ring is 1. The maximum absolute atomic E-state index is 10.7. The zero-order valence-corrected chi connectivity index (χ0v) is 8.13. The summed E-state index contributed by atoms with van der Waals surface area (Å²) in [6.45, 7) is 4.10. The van der Waals surface area contributed by atoms with Gasteiger partial charge >= 0.3 is 0 Å². The minimum atomic E-state index is 0.772. The molecule has 1 rings (SSSR count). The summed E-state index contributed by atoms with van der Waals surface area (Å²) in [6, 6.07) is 3.60. The van der Waals surface area contributed by atoms with Crippen LogP contribution in [0.3, 0.4) is 0 Å². The first kappa shape index (κ1) is 10.0. The van der Waals surface area contributed by atoms with E-state index in [-0.39, 0.29) is 0 Å². The summed E-state index contributed by atoms with van der Waals surface area (Å²) < 4.78 is 0. The summed E-state index contributed by atoms with van der Waals surface area (Å²) in [5.41, 5.74) is 10.5. The average molecular weight is 180 g/mol. The number of anilines is 1. The van der Waals surface area contributed by atoms with E-state index in [4.69, 9.17) is 5.73 Å². The molecule has 0 aliphatic rings. The second kappa shape index (κ2) is 4.25. The van der Waals surface area contributed by atoms with Crippen molar-refractivity contribution in [3.05, 3.63) is 28.5 Å². The average Bonchev–Trinajstić information content (AvgIpc) is 2.17. The lowest BCUT2D eigenvalue weighted by molar-refractivity contribution is -0.497. The summed E-state index contributed by atoms with van der Waals surface area (Å²) in [5, 5.41) is 10.7. The Morgan fingerprint density at radius 2 is 1.85 bits per heavy atom. The summed E-state index contributed by atoms with van der Waals surface area (Å²) in [7, 11) is 0. The zero-order valence-electron chi connectivity index (χ0n) is 8.13. The highest BCUT2D eigenvalue weighted by Crippen LogP contribution is 2.23. The molecule has 0 spiro atoms. The molecule has 0 saturated heterocycles. The molecule has 0 atom stereocenters. The standard InChI is InChI=1S/C10H16N2O/c1-3-7-8(4-2)10(12-13)6-5-9(7)11/h5-6H,3-4,11-12H2,1-2H3. The molecule has 0 aliphatic carbocycles. The number of quaternary nitrogens is 1. The van der Waals surface area contributed by atoms with Crippen molar-refractivity contribution < 1.29 is 5.48 Å². The van der Waals surface area contributed by atoms with Crippen molar-refractivity contribution >= 4 is 11.4 Å². The highest BCUT2D eigenvalue weighted by atomic mass is 16.5. The molecule has 3 nitrogen and oxygen atoms in total. The fourth-order valence-corrected chi connectivity index (χ4v) is 1.67. The van der Waals surface area contributed by atoms with E-state index in [0.29, 0.717) is 0 Å². The highest BCUT2D eigenvalue weighted by molar-refractivity contribution is 5.58. The van der Waals surface area contributed by atoms with Crippen molar-refractivity contribution in [3.63, 3.8) is 0 Å². The van der Waals surface area contributed by atoms with Gasteiger partial charge in [-0.15, -0.1) is 0 Å². The van der Waals surface area contributed by atoms with Crippen molar-refractivity contribution in [1.82, 2.24) is 0 Å². The number of rotatable bonds is 3. The minimum absolute atomic E-state index is 0.772. The molecule has 0 heterocycles. The van der Waals surface area contributed by atoms with Crippen LogP contribution in [-0.4, -0.2) is 0 Å². The molecule has 0 radical (unpaired) electrons. The monoisotopic (exact) mass is 180 g/mol. The van der Waals surface area contributed by atoms with Gasteiger partial charge in [-0.1, -0.05) is 13.8 Å². The predicted molar refractivity (Wildman–Crippen MR) is 54.6 cm³/mol. The van der Waals surface area contributed by atoms with Crippen LogP contribution < -0.4 is 11.2 Å². The van der Waals surface area contributed by atoms with Gasteiger partial charge in [0.25, 0.3) is 0 Å². The van der Waals surface area contributed by atoms with Crippen molar-refractivity contribution in [2.45, 2.75) is 26.7 Å². The smallest absolute Gasteiger partial charge is 0.133 e. The van der Waals surface area contributed by atoms with Gasteiger partial charge in [-0.2, -0.15) is 0 Å². The van der Waals surface area contributed by atoms with Crippen molar-refractivity contribution in [3.8, 4) is 0 Å². The topological polar surface area (TPSA) is 65.7 Å². The van der Waals surface area contributed by atoms with E-state index in [1.165, 1.54) is 0 Å². The summed E-state index contributed by atoms with van der Waals surface area (Å²) >= 11 is 0. The summed E-state index contributed by atoms with van der Waals surface area (Å²) in [5.74, 6) is 0. The van der Waals surface area contributed by atoms with E-state index in [1.54, 1.807) is 6.07 Å². The molecule has 0 saturated carbocycles. The fraction of sp³-hybridized carbons (Fsp3) is 0.400. The maximum Gasteiger partial charge on any atom is 0.133 e. The fourth-order valence-electron chi connectivity index (χ4n) is 1.67. The Kier molecular flexibility index (Phi) is 3.28. The van der Waals surface area contributed by atoms with Crippen LogP contribution in [0.4, 0.5) is 11.4 Å². The van der Waals surface area contributed by atoms with Gasteiger partial charge in [0.2, 0.25) is 0 Å². The third kappa shape index (κ3) is 1.82. The molecule has 1 aromatic rings. The Balaban J connectivity index is 3.27. The second-order valence-corrected chi connectivity index (χ2v) is 3.03. The molecule has 0 fully saturated rings. The van der Waals surface area contributed by atoms with Crippen LogP contribution in [0.2, 0.25) is 0 Å². The first-order valence-electron chi connectivity index (χ1n) is 4.60. The molecule has 72 valence electrons. The summed E-state index contributed by atoms with van der Waals surface area (Å²) in [4.78, 5) is 0. The van der Waals surface area contributed by atoms with Gasteiger partial charge in [-0.3, -0.25) is 0 Å². The first-order chi connectivity index (χ1) is 6.24. The van der Waals surface area contributed by atoms with Gasteiger partial charge in [0.05, 0.1) is 0 Å². The van der Waals surface area contributed by atoms with Crippen LogP contribution >= 0.6 is 0 Å². The Morgan fingerprint density at radius 1 is 1.23 bits per heavy atom. The Morgan fingerprint density at radius 3 is 2.31 bits per heavy atom. The van der Waals surface area contributed by atoms with Crippen LogP contribution in [0.5, 0.6) is 0 Å². The van der Waals surface area contributed by atoms with Crippen molar-refractivity contribution in [1.29, 1.82) is 0 Å². The number of benzene rings is 1. The Labute approximate surface area is 78.5 Å². The normalized spacial score (nSPS) is 10.4. The molecule has 3 heteroatoms. The van der Waals surface area contributed by atoms with Crippen LogP contribution in [0, 0.1) is 5.21 Å². The van der Waals surface area contributed by atoms with Gasteiger partial charge in [0.1, 0.15) is 5.69 Å². The number of hydrogen-bond acceptors (Lipinski definition) is 2. The lowest BCUT2D eigenvalue weighted by Crippen LogP contribution is -2.70. The highest BCUT2D eigenvalue weighted by Gasteiger charge is 2.09. The van der Waals surface area contributed by atoms with E-state index in [0.717, 1.165) is 40.8 Å². The van der Waals surface area contributed by atoms with Gasteiger partial charge in [0.15, 0.2) is 0 Å². The lowest BCUT2D eigenvalue weighted by atomic mass is 9.99. The minimum Gasteiger partial charge on any atom is -0.630 e. The Bertz CT molecular complexity index is 297. The van der Waals surface area contributed by atoms with Crippen LogP contribution in [0.25, 0.3) is 0 Å². The van der Waals surface area contributed by atoms with Crippen molar-refractivity contribution in [2.24, 2.45) is 0 Å². The molecule has 13 heavy (non-hydrogen) atoms. The maximum atomic E-state index is 10.7. The first-order valence-corrected chi connectivity index (χ1v) is 4.60. The lowest BCUT2D eigenvalue weighted by Gasteiger charge is -2.13. The number of nitrogens with two attached hydrogens (primary N) is 2. The van der Waals surface area contributed by atoms with Gasteiger partial charge in [-0.25, -0.2) is 0 Å². The van der Waals surface area contributed by atoms with E-state index < -0.39 is 0 Å². The third-order valence-electron chi connectivity index (χ3n) is 2.34. The molecule has 4 N–H and O–H groups in total. The zero-order chi connectivity index (χ0) is 9.84. The van der Waals surface area contributed by atoms with Crippen LogP contribution in [-0.2, 0) is 12.8 Å². The molecule has 0 aromatic heterocycles. The SMILES string of the molecule is CCc1c(N)ccc([NH2+][O-])c1CC. The van der Waals surface area contributed by atoms with Crippen LogP contribution in [0.1, 0.15) is 25.0 Å². The molecular weight excluding hydrogens is 164 g/mol. The largest absolute Gasteiger partial charge is 0.630 e.